The topological polar surface area (TPSA) is 67.9 Å². The average molecular weight is 422 g/mol. The number of nitrogens with zero attached hydrogens (tertiary/aromatic N) is 3. The van der Waals surface area contributed by atoms with Gasteiger partial charge in [0.2, 0.25) is 0 Å². The highest BCUT2D eigenvalue weighted by Gasteiger charge is 2.58. The predicted octanol–water partition coefficient (Wildman–Crippen LogP) is 6.80. The fourth-order valence-corrected chi connectivity index (χ4v) is 8.10. The van der Waals surface area contributed by atoms with Gasteiger partial charge in [-0.05, 0) is 98.1 Å². The van der Waals surface area contributed by atoms with Gasteiger partial charge in [0.05, 0.1) is 11.1 Å². The van der Waals surface area contributed by atoms with Crippen LogP contribution >= 0.6 is 0 Å². The largest absolute Gasteiger partial charge is 0.269 e. The summed E-state index contributed by atoms with van der Waals surface area (Å²) in [5.74, 6) is 3.50. The zero-order chi connectivity index (χ0) is 21.6. The molecule has 31 heavy (non-hydrogen) atoms. The highest BCUT2D eigenvalue weighted by Crippen LogP contribution is 2.65. The summed E-state index contributed by atoms with van der Waals surface area (Å²) in [6.45, 7) is 5.09. The Bertz CT molecular complexity index is 908. The lowest BCUT2D eigenvalue weighted by Crippen LogP contribution is -2.52. The molecule has 5 rings (SSSR count). The van der Waals surface area contributed by atoms with Crippen LogP contribution in [0.4, 0.5) is 5.69 Å². The molecule has 5 heteroatoms. The first-order chi connectivity index (χ1) is 14.9. The number of hydrogen-bond acceptors (Lipinski definition) is 4. The van der Waals surface area contributed by atoms with Crippen molar-refractivity contribution >= 4 is 17.6 Å². The Morgan fingerprint density at radius 3 is 2.58 bits per heavy atom. The number of benzene rings is 1. The number of nitro groups is 1. The monoisotopic (exact) mass is 421 g/mol. The maximum absolute atomic E-state index is 10.8. The van der Waals surface area contributed by atoms with Crippen LogP contribution < -0.4 is 0 Å². The third-order valence-corrected chi connectivity index (χ3v) is 9.81. The maximum atomic E-state index is 10.8. The number of fused-ring (bicyclic) bond motifs is 5. The summed E-state index contributed by atoms with van der Waals surface area (Å²) in [4.78, 5) is 10.4. The highest BCUT2D eigenvalue weighted by molar-refractivity contribution is 5.93. The van der Waals surface area contributed by atoms with E-state index >= 15 is 0 Å². The van der Waals surface area contributed by atoms with Crippen molar-refractivity contribution in [2.75, 3.05) is 0 Å². The first-order valence-corrected chi connectivity index (χ1v) is 12.3. The Morgan fingerprint density at radius 2 is 1.81 bits per heavy atom. The van der Waals surface area contributed by atoms with Crippen LogP contribution in [-0.4, -0.2) is 16.8 Å². The van der Waals surface area contributed by atoms with E-state index in [1.807, 2.05) is 0 Å². The van der Waals surface area contributed by atoms with Gasteiger partial charge in [0.25, 0.3) is 5.69 Å². The Hall–Kier alpha value is -2.04. The van der Waals surface area contributed by atoms with Crippen molar-refractivity contribution < 1.29 is 4.92 Å². The molecule has 4 aliphatic carbocycles. The van der Waals surface area contributed by atoms with Gasteiger partial charge in [0.15, 0.2) is 0 Å². The van der Waals surface area contributed by atoms with Gasteiger partial charge >= 0.3 is 0 Å². The van der Waals surface area contributed by atoms with Crippen LogP contribution in [0, 0.1) is 44.6 Å². The molecular weight excluding hydrogens is 386 g/mol. The van der Waals surface area contributed by atoms with Crippen molar-refractivity contribution in [1.29, 1.82) is 0 Å². The SMILES string of the molecule is C[C@@]12CCC3C(CC[C@@H]4CCCC[C@@]34C)C1CC/C2=N\N=C\c1ccc([N+](=O)[O-])cc1. The molecule has 1 aromatic carbocycles. The van der Waals surface area contributed by atoms with E-state index in [1.165, 1.54) is 75.6 Å². The molecule has 6 atom stereocenters. The van der Waals surface area contributed by atoms with Crippen LogP contribution in [0.2, 0.25) is 0 Å². The Labute approximate surface area is 185 Å². The van der Waals surface area contributed by atoms with Gasteiger partial charge in [-0.1, -0.05) is 26.7 Å². The highest BCUT2D eigenvalue weighted by atomic mass is 16.6. The molecule has 4 fully saturated rings. The quantitative estimate of drug-likeness (QED) is 0.306. The lowest BCUT2D eigenvalue weighted by Gasteiger charge is -2.59. The summed E-state index contributed by atoms with van der Waals surface area (Å²) < 4.78 is 0. The Kier molecular flexibility index (Phi) is 5.26. The smallest absolute Gasteiger partial charge is 0.258 e. The van der Waals surface area contributed by atoms with Gasteiger partial charge in [-0.25, -0.2) is 0 Å². The molecule has 0 aliphatic heterocycles. The van der Waals surface area contributed by atoms with Gasteiger partial charge in [0.1, 0.15) is 0 Å². The van der Waals surface area contributed by atoms with Crippen LogP contribution in [0.25, 0.3) is 0 Å². The molecule has 1 aromatic rings. The second-order valence-electron chi connectivity index (χ2n) is 11.0. The van der Waals surface area contributed by atoms with Gasteiger partial charge in [-0.2, -0.15) is 10.2 Å². The average Bonchev–Trinajstić information content (AvgIpc) is 3.10. The number of non-ortho nitro benzene ring substituents is 1. The molecule has 0 heterocycles. The lowest BCUT2D eigenvalue weighted by molar-refractivity contribution is -0.384. The van der Waals surface area contributed by atoms with E-state index in [-0.39, 0.29) is 16.0 Å². The van der Waals surface area contributed by atoms with Crippen molar-refractivity contribution in [2.24, 2.45) is 44.7 Å². The second kappa shape index (κ2) is 7.83. The molecule has 0 bridgehead atoms. The molecule has 3 unspecified atom stereocenters. The summed E-state index contributed by atoms with van der Waals surface area (Å²) in [6, 6.07) is 6.50. The van der Waals surface area contributed by atoms with Gasteiger partial charge < -0.3 is 0 Å². The third-order valence-electron chi connectivity index (χ3n) is 9.81. The normalized spacial score (nSPS) is 41.0. The summed E-state index contributed by atoms with van der Waals surface area (Å²) in [5, 5.41) is 19.9. The lowest BCUT2D eigenvalue weighted by atomic mass is 9.45. The minimum absolute atomic E-state index is 0.104. The maximum Gasteiger partial charge on any atom is 0.269 e. The van der Waals surface area contributed by atoms with Crippen molar-refractivity contribution in [1.82, 2.24) is 0 Å². The molecular formula is C26H35N3O2. The summed E-state index contributed by atoms with van der Waals surface area (Å²) >= 11 is 0. The van der Waals surface area contributed by atoms with E-state index in [2.05, 4.69) is 18.9 Å². The molecule has 4 aliphatic rings. The van der Waals surface area contributed by atoms with E-state index in [9.17, 15) is 10.1 Å². The van der Waals surface area contributed by atoms with E-state index in [1.54, 1.807) is 18.3 Å². The molecule has 0 saturated heterocycles. The van der Waals surface area contributed by atoms with Gasteiger partial charge in [-0.15, -0.1) is 0 Å². The summed E-state index contributed by atoms with van der Waals surface area (Å²) in [5.41, 5.74) is 3.02. The fraction of sp³-hybridized carbons (Fsp3) is 0.692. The van der Waals surface area contributed by atoms with E-state index in [0.717, 1.165) is 35.7 Å². The zero-order valence-corrected chi connectivity index (χ0v) is 18.9. The minimum Gasteiger partial charge on any atom is -0.258 e. The molecule has 5 nitrogen and oxygen atoms in total. The van der Waals surface area contributed by atoms with Crippen LogP contribution in [0.1, 0.15) is 83.6 Å². The molecule has 4 saturated carbocycles. The van der Waals surface area contributed by atoms with Crippen LogP contribution in [0.3, 0.4) is 0 Å². The van der Waals surface area contributed by atoms with Gasteiger partial charge in [-0.3, -0.25) is 10.1 Å². The van der Waals surface area contributed by atoms with Crippen molar-refractivity contribution in [3.8, 4) is 0 Å². The van der Waals surface area contributed by atoms with Gasteiger partial charge in [0, 0.05) is 23.3 Å². The molecule has 0 aromatic heterocycles. The second-order valence-corrected chi connectivity index (χ2v) is 11.0. The molecule has 0 radical (unpaired) electrons. The molecule has 0 spiro atoms. The first kappa shape index (κ1) is 20.8. The van der Waals surface area contributed by atoms with Crippen LogP contribution in [-0.2, 0) is 0 Å². The summed E-state index contributed by atoms with van der Waals surface area (Å²) in [6.07, 6.45) is 15.3. The molecule has 166 valence electrons. The standard InChI is InChI=1S/C26H35N3O2/c1-25-15-4-3-5-19(25)8-11-21-22-12-13-24(26(22,2)16-14-23(21)25)28-27-17-18-6-9-20(10-7-18)29(30)31/h6-7,9-10,17,19,21-23H,3-5,8,11-16H2,1-2H3/b27-17+,28-24+/t19-,21?,22?,23?,25+,26+/m0/s1. The van der Waals surface area contributed by atoms with Crippen molar-refractivity contribution in [3.05, 3.63) is 39.9 Å². The van der Waals surface area contributed by atoms with Crippen molar-refractivity contribution in [3.63, 3.8) is 0 Å². The fourth-order valence-electron chi connectivity index (χ4n) is 8.10. The number of hydrogen-bond donors (Lipinski definition) is 0. The third kappa shape index (κ3) is 3.44. The Balaban J connectivity index is 1.32. The first-order valence-electron chi connectivity index (χ1n) is 12.3. The summed E-state index contributed by atoms with van der Waals surface area (Å²) in [7, 11) is 0. The zero-order valence-electron chi connectivity index (χ0n) is 18.9. The Morgan fingerprint density at radius 1 is 1.00 bits per heavy atom. The van der Waals surface area contributed by atoms with E-state index < -0.39 is 0 Å². The van der Waals surface area contributed by atoms with E-state index in [4.69, 9.17) is 5.10 Å². The minimum atomic E-state index is -0.377. The van der Waals surface area contributed by atoms with E-state index in [0.29, 0.717) is 5.41 Å². The number of rotatable bonds is 3. The van der Waals surface area contributed by atoms with Crippen LogP contribution in [0.15, 0.2) is 34.5 Å². The number of nitro benzene ring substituents is 1. The predicted molar refractivity (Wildman–Crippen MR) is 124 cm³/mol. The molecule has 0 amide bonds. The molecule has 0 N–H and O–H groups in total. The van der Waals surface area contributed by atoms with Crippen LogP contribution in [0.5, 0.6) is 0 Å². The van der Waals surface area contributed by atoms with Crippen molar-refractivity contribution in [2.45, 2.75) is 78.1 Å².